The number of hydrogen-bond acceptors (Lipinski definition) is 5. The fraction of sp³-hybridized carbons (Fsp3) is 0. The van der Waals surface area contributed by atoms with Crippen molar-refractivity contribution in [3.8, 4) is 45.3 Å². The third-order valence-electron chi connectivity index (χ3n) is 9.13. The number of fused-ring (bicyclic) bond motifs is 8. The van der Waals surface area contributed by atoms with Crippen LogP contribution in [0.5, 0.6) is 0 Å². The Bertz CT molecular complexity index is 2780. The summed E-state index contributed by atoms with van der Waals surface area (Å²) in [5, 5.41) is 6.49. The van der Waals surface area contributed by atoms with Gasteiger partial charge in [0.2, 0.25) is 0 Å². The molecule has 10 aromatic rings. The summed E-state index contributed by atoms with van der Waals surface area (Å²) >= 11 is 0. The van der Waals surface area contributed by atoms with Gasteiger partial charge in [0.25, 0.3) is 0 Å². The lowest BCUT2D eigenvalue weighted by molar-refractivity contribution is 0.669. The van der Waals surface area contributed by atoms with Crippen molar-refractivity contribution >= 4 is 54.6 Å². The summed E-state index contributed by atoms with van der Waals surface area (Å²) in [7, 11) is 0. The maximum absolute atomic E-state index is 6.50. The van der Waals surface area contributed by atoms with E-state index in [1.807, 2.05) is 84.9 Å². The molecule has 0 aliphatic carbocycles. The highest BCUT2D eigenvalue weighted by atomic mass is 16.3. The second kappa shape index (κ2) is 10.5. The average molecular weight is 616 g/mol. The molecular weight excluding hydrogens is 590 g/mol. The fourth-order valence-electron chi connectivity index (χ4n) is 6.81. The molecule has 0 aliphatic rings. The minimum absolute atomic E-state index is 0.603. The van der Waals surface area contributed by atoms with E-state index in [1.165, 1.54) is 0 Å². The third-order valence-corrected chi connectivity index (χ3v) is 9.13. The Labute approximate surface area is 274 Å². The van der Waals surface area contributed by atoms with Crippen LogP contribution in [0.25, 0.3) is 99.9 Å². The van der Waals surface area contributed by atoms with Crippen LogP contribution in [-0.4, -0.2) is 15.0 Å². The molecule has 0 spiro atoms. The fourth-order valence-corrected chi connectivity index (χ4v) is 6.81. The number of aromatic nitrogens is 3. The first-order chi connectivity index (χ1) is 23.8. The molecule has 7 aromatic carbocycles. The van der Waals surface area contributed by atoms with Gasteiger partial charge in [0.1, 0.15) is 22.3 Å². The van der Waals surface area contributed by atoms with Gasteiger partial charge in [-0.1, -0.05) is 109 Å². The summed E-state index contributed by atoms with van der Waals surface area (Å²) in [5.41, 5.74) is 8.37. The van der Waals surface area contributed by atoms with Crippen molar-refractivity contribution in [1.29, 1.82) is 0 Å². The van der Waals surface area contributed by atoms with Crippen LogP contribution in [-0.2, 0) is 0 Å². The van der Waals surface area contributed by atoms with Gasteiger partial charge in [-0.15, -0.1) is 0 Å². The van der Waals surface area contributed by atoms with Crippen molar-refractivity contribution in [2.75, 3.05) is 0 Å². The van der Waals surface area contributed by atoms with Gasteiger partial charge in [0.15, 0.2) is 17.5 Å². The summed E-state index contributed by atoms with van der Waals surface area (Å²) < 4.78 is 12.8. The van der Waals surface area contributed by atoms with Crippen molar-refractivity contribution in [2.24, 2.45) is 0 Å². The van der Waals surface area contributed by atoms with Gasteiger partial charge in [0.05, 0.1) is 0 Å². The molecule has 10 rings (SSSR count). The Balaban J connectivity index is 1.11. The quantitative estimate of drug-likeness (QED) is 0.197. The summed E-state index contributed by atoms with van der Waals surface area (Å²) in [6, 6.07) is 51.6. The van der Waals surface area contributed by atoms with Crippen LogP contribution in [0.4, 0.5) is 0 Å². The molecule has 0 atom stereocenters. The van der Waals surface area contributed by atoms with E-state index in [2.05, 4.69) is 66.7 Å². The maximum Gasteiger partial charge on any atom is 0.164 e. The number of nitrogens with zero attached hydrogens (tertiary/aromatic N) is 3. The topological polar surface area (TPSA) is 65.0 Å². The molecular formula is C43H25N3O2. The number of furan rings is 2. The Morgan fingerprint density at radius 3 is 1.75 bits per heavy atom. The van der Waals surface area contributed by atoms with Gasteiger partial charge < -0.3 is 8.83 Å². The molecule has 48 heavy (non-hydrogen) atoms. The third kappa shape index (κ3) is 4.22. The van der Waals surface area contributed by atoms with E-state index in [4.69, 9.17) is 23.8 Å². The number of benzene rings is 7. The van der Waals surface area contributed by atoms with Crippen LogP contribution in [0, 0.1) is 0 Å². The molecule has 0 amide bonds. The first kappa shape index (κ1) is 26.6. The van der Waals surface area contributed by atoms with Crippen molar-refractivity contribution in [3.63, 3.8) is 0 Å². The van der Waals surface area contributed by atoms with Crippen LogP contribution in [0.1, 0.15) is 0 Å². The molecule has 0 saturated carbocycles. The molecule has 0 aliphatic heterocycles. The Kier molecular flexibility index (Phi) is 5.81. The lowest BCUT2D eigenvalue weighted by Gasteiger charge is -2.09. The zero-order valence-electron chi connectivity index (χ0n) is 25.6. The van der Waals surface area contributed by atoms with Crippen molar-refractivity contribution in [1.82, 2.24) is 15.0 Å². The molecule has 0 radical (unpaired) electrons. The van der Waals surface area contributed by atoms with Gasteiger partial charge in [-0.25, -0.2) is 15.0 Å². The highest BCUT2D eigenvalue weighted by molar-refractivity contribution is 6.16. The predicted molar refractivity (Wildman–Crippen MR) is 194 cm³/mol. The van der Waals surface area contributed by atoms with Crippen LogP contribution in [0.2, 0.25) is 0 Å². The van der Waals surface area contributed by atoms with Crippen LogP contribution >= 0.6 is 0 Å². The summed E-state index contributed by atoms with van der Waals surface area (Å²) in [6.07, 6.45) is 0. The summed E-state index contributed by atoms with van der Waals surface area (Å²) in [6.45, 7) is 0. The second-order valence-electron chi connectivity index (χ2n) is 12.0. The first-order valence-electron chi connectivity index (χ1n) is 15.9. The normalized spacial score (nSPS) is 11.8. The number of para-hydroxylation sites is 1. The van der Waals surface area contributed by atoms with Gasteiger partial charge >= 0.3 is 0 Å². The molecule has 0 unspecified atom stereocenters. The molecule has 224 valence electrons. The zero-order valence-corrected chi connectivity index (χ0v) is 25.6. The molecule has 5 nitrogen and oxygen atoms in total. The smallest absolute Gasteiger partial charge is 0.164 e. The van der Waals surface area contributed by atoms with Crippen molar-refractivity contribution in [3.05, 3.63) is 152 Å². The number of rotatable bonds is 4. The molecule has 0 fully saturated rings. The second-order valence-corrected chi connectivity index (χ2v) is 12.0. The maximum atomic E-state index is 6.50. The van der Waals surface area contributed by atoms with Crippen molar-refractivity contribution < 1.29 is 8.83 Å². The van der Waals surface area contributed by atoms with E-state index in [1.54, 1.807) is 0 Å². The molecule has 3 heterocycles. The highest BCUT2D eigenvalue weighted by Crippen LogP contribution is 2.40. The minimum atomic E-state index is 0.603. The molecule has 0 N–H and O–H groups in total. The Morgan fingerprint density at radius 2 is 0.979 bits per heavy atom. The molecule has 5 heteroatoms. The van der Waals surface area contributed by atoms with Gasteiger partial charge in [-0.05, 0) is 59.0 Å². The molecule has 0 saturated heterocycles. The predicted octanol–water partition coefficient (Wildman–Crippen LogP) is 11.5. The van der Waals surface area contributed by atoms with E-state index >= 15 is 0 Å². The summed E-state index contributed by atoms with van der Waals surface area (Å²) in [4.78, 5) is 14.9. The Hall–Kier alpha value is -6.59. The summed E-state index contributed by atoms with van der Waals surface area (Å²) in [5.74, 6) is 1.86. The monoisotopic (exact) mass is 615 g/mol. The Morgan fingerprint density at radius 1 is 0.354 bits per heavy atom. The average Bonchev–Trinajstić information content (AvgIpc) is 3.73. The van der Waals surface area contributed by atoms with E-state index in [9.17, 15) is 0 Å². The number of hydrogen-bond donors (Lipinski definition) is 0. The SMILES string of the molecule is c1ccc(-c2nc(-c3ccccc3)nc(-c3cccc4oc5cc(-c6ccc7c(ccc8c9ccccc9oc78)c6)ccc5c34)n2)cc1. The van der Waals surface area contributed by atoms with E-state index < -0.39 is 0 Å². The first-order valence-corrected chi connectivity index (χ1v) is 15.9. The lowest BCUT2D eigenvalue weighted by atomic mass is 9.98. The van der Waals surface area contributed by atoms with Gasteiger partial charge in [-0.2, -0.15) is 0 Å². The van der Waals surface area contributed by atoms with Crippen LogP contribution in [0.15, 0.2) is 160 Å². The minimum Gasteiger partial charge on any atom is -0.456 e. The molecule has 3 aromatic heterocycles. The highest BCUT2D eigenvalue weighted by Gasteiger charge is 2.18. The van der Waals surface area contributed by atoms with Crippen LogP contribution < -0.4 is 0 Å². The van der Waals surface area contributed by atoms with Crippen LogP contribution in [0.3, 0.4) is 0 Å². The van der Waals surface area contributed by atoms with Crippen molar-refractivity contribution in [2.45, 2.75) is 0 Å². The standard InChI is InChI=1S/C43H25N3O2/c1-3-10-26(11-4-1)41-44-42(27-12-5-2-6-13-27)46-43(45-41)35-15-9-17-37-39(35)34-23-19-29(25-38(34)47-37)28-18-21-31-30(24-28)20-22-33-32-14-7-8-16-36(32)48-40(31)33/h1-25H. The van der Waals surface area contributed by atoms with E-state index in [0.29, 0.717) is 17.5 Å². The molecule has 0 bridgehead atoms. The van der Waals surface area contributed by atoms with Gasteiger partial charge in [0, 0.05) is 43.6 Å². The zero-order chi connectivity index (χ0) is 31.6. The lowest BCUT2D eigenvalue weighted by Crippen LogP contribution is -2.00. The largest absolute Gasteiger partial charge is 0.456 e. The van der Waals surface area contributed by atoms with Gasteiger partial charge in [-0.3, -0.25) is 0 Å². The van der Waals surface area contributed by atoms with E-state index in [0.717, 1.165) is 82.5 Å². The van der Waals surface area contributed by atoms with E-state index in [-0.39, 0.29) is 0 Å².